The molecule has 0 amide bonds. The molecule has 0 aliphatic heterocycles. The zero-order chi connectivity index (χ0) is 9.35. The van der Waals surface area contributed by atoms with Crippen LogP contribution >= 0.6 is 0 Å². The van der Waals surface area contributed by atoms with Crippen LogP contribution in [0.4, 0.5) is 0 Å². The lowest BCUT2D eigenvalue weighted by atomic mass is 10.4. The highest BCUT2D eigenvalue weighted by Crippen LogP contribution is 2.08. The van der Waals surface area contributed by atoms with E-state index in [9.17, 15) is 4.21 Å². The molecule has 1 unspecified atom stereocenters. The van der Waals surface area contributed by atoms with Crippen molar-refractivity contribution < 1.29 is 4.21 Å². The summed E-state index contributed by atoms with van der Waals surface area (Å²) in [6, 6.07) is 0.195. The van der Waals surface area contributed by atoms with Gasteiger partial charge in [0.2, 0.25) is 0 Å². The molecule has 1 aromatic heterocycles. The molecular weight excluding hydrogens is 176 g/mol. The first-order valence-corrected chi connectivity index (χ1v) is 5.14. The van der Waals surface area contributed by atoms with Crippen LogP contribution < -0.4 is 5.14 Å². The molecule has 1 aromatic rings. The highest BCUT2D eigenvalue weighted by atomic mass is 32.2. The molecule has 0 spiro atoms. The van der Waals surface area contributed by atoms with Crippen LogP contribution in [0, 0.1) is 4.78 Å². The molecule has 1 heterocycles. The molecule has 1 atom stereocenters. The second kappa shape index (κ2) is 2.87. The first kappa shape index (κ1) is 9.21. The first-order valence-electron chi connectivity index (χ1n) is 3.52. The van der Waals surface area contributed by atoms with E-state index in [1.165, 1.54) is 6.20 Å². The van der Waals surface area contributed by atoms with Crippen LogP contribution in [0.5, 0.6) is 0 Å². The molecule has 6 heteroatoms. The van der Waals surface area contributed by atoms with Crippen molar-refractivity contribution in [3.8, 4) is 0 Å². The Hall–Kier alpha value is -0.880. The average Bonchev–Trinajstić information content (AvgIpc) is 2.30. The fraction of sp³-hybridized carbons (Fsp3) is 0.500. The van der Waals surface area contributed by atoms with Gasteiger partial charge in [-0.3, -0.25) is 4.68 Å². The lowest BCUT2D eigenvalue weighted by molar-refractivity contribution is 0.531. The van der Waals surface area contributed by atoms with Crippen LogP contribution in [0.1, 0.15) is 19.9 Å². The van der Waals surface area contributed by atoms with Crippen molar-refractivity contribution in [1.82, 2.24) is 9.78 Å². The van der Waals surface area contributed by atoms with E-state index >= 15 is 0 Å². The zero-order valence-corrected chi connectivity index (χ0v) is 7.84. The van der Waals surface area contributed by atoms with Crippen molar-refractivity contribution >= 4 is 9.92 Å². The molecule has 68 valence electrons. The highest BCUT2D eigenvalue weighted by molar-refractivity contribution is 7.90. The molecule has 0 saturated heterocycles. The van der Waals surface area contributed by atoms with Gasteiger partial charge in [0.15, 0.2) is 0 Å². The Kier molecular flexibility index (Phi) is 2.20. The topological polar surface area (TPSA) is 84.8 Å². The van der Waals surface area contributed by atoms with Gasteiger partial charge in [-0.05, 0) is 13.8 Å². The number of nitrogens with two attached hydrogens (primary N) is 1. The summed E-state index contributed by atoms with van der Waals surface area (Å²) >= 11 is 0. The maximum atomic E-state index is 11.0. The van der Waals surface area contributed by atoms with E-state index in [4.69, 9.17) is 9.92 Å². The summed E-state index contributed by atoms with van der Waals surface area (Å²) in [5, 5.41) is 9.03. The van der Waals surface area contributed by atoms with Gasteiger partial charge in [0.1, 0.15) is 9.92 Å². The Morgan fingerprint density at radius 2 is 2.33 bits per heavy atom. The smallest absolute Gasteiger partial charge is 0.135 e. The van der Waals surface area contributed by atoms with Gasteiger partial charge < -0.3 is 0 Å². The SMILES string of the molecule is CC(C)n1cc(S(=N)(N)=O)cn1. The standard InChI is InChI=1S/C6H12N4OS/c1-5(2)10-4-6(3-9-10)12(7,8)11/h3-5H,1-2H3,(H3,7,8,11). The summed E-state index contributed by atoms with van der Waals surface area (Å²) in [6.07, 6.45) is 2.91. The van der Waals surface area contributed by atoms with Crippen LogP contribution in [0.2, 0.25) is 0 Å². The van der Waals surface area contributed by atoms with Crippen molar-refractivity contribution in [2.75, 3.05) is 0 Å². The van der Waals surface area contributed by atoms with Crippen LogP contribution in [0.3, 0.4) is 0 Å². The van der Waals surface area contributed by atoms with Gasteiger partial charge in [-0.25, -0.2) is 14.1 Å². The Balaban J connectivity index is 3.09. The minimum Gasteiger partial charge on any atom is -0.269 e. The number of nitrogens with zero attached hydrogens (tertiary/aromatic N) is 2. The summed E-state index contributed by atoms with van der Waals surface area (Å²) in [5.74, 6) is 0. The minimum atomic E-state index is -3.10. The van der Waals surface area contributed by atoms with Crippen LogP contribution in [0.25, 0.3) is 0 Å². The lowest BCUT2D eigenvalue weighted by Crippen LogP contribution is -2.09. The predicted octanol–water partition coefficient (Wildman–Crippen LogP) is 0.743. The van der Waals surface area contributed by atoms with Crippen molar-refractivity contribution in [2.24, 2.45) is 5.14 Å². The number of rotatable bonds is 2. The maximum absolute atomic E-state index is 11.0. The molecule has 0 saturated carbocycles. The second-order valence-electron chi connectivity index (χ2n) is 2.85. The average molecular weight is 188 g/mol. The molecule has 0 fully saturated rings. The van der Waals surface area contributed by atoms with E-state index < -0.39 is 9.92 Å². The molecule has 0 aliphatic carbocycles. The quantitative estimate of drug-likeness (QED) is 0.717. The van der Waals surface area contributed by atoms with Crippen LogP contribution in [-0.4, -0.2) is 14.0 Å². The van der Waals surface area contributed by atoms with Crippen molar-refractivity contribution in [3.63, 3.8) is 0 Å². The van der Waals surface area contributed by atoms with E-state index in [1.54, 1.807) is 10.9 Å². The van der Waals surface area contributed by atoms with Crippen molar-refractivity contribution in [3.05, 3.63) is 12.4 Å². The summed E-state index contributed by atoms with van der Waals surface area (Å²) < 4.78 is 19.7. The fourth-order valence-electron chi connectivity index (χ4n) is 0.760. The molecule has 1 rings (SSSR count). The molecule has 12 heavy (non-hydrogen) atoms. The Bertz CT molecular complexity index is 365. The van der Waals surface area contributed by atoms with Gasteiger partial charge in [0, 0.05) is 12.2 Å². The van der Waals surface area contributed by atoms with E-state index in [1.807, 2.05) is 13.8 Å². The van der Waals surface area contributed by atoms with E-state index in [-0.39, 0.29) is 10.9 Å². The third kappa shape index (κ3) is 1.83. The van der Waals surface area contributed by atoms with Crippen LogP contribution in [-0.2, 0) is 9.92 Å². The second-order valence-corrected chi connectivity index (χ2v) is 4.52. The van der Waals surface area contributed by atoms with Gasteiger partial charge in [-0.1, -0.05) is 0 Å². The highest BCUT2D eigenvalue weighted by Gasteiger charge is 2.07. The minimum absolute atomic E-state index is 0.195. The number of hydrogen-bond acceptors (Lipinski definition) is 3. The summed E-state index contributed by atoms with van der Waals surface area (Å²) in [6.45, 7) is 3.89. The third-order valence-corrected chi connectivity index (χ3v) is 2.37. The molecule has 0 radical (unpaired) electrons. The van der Waals surface area contributed by atoms with Gasteiger partial charge in [-0.2, -0.15) is 5.10 Å². The van der Waals surface area contributed by atoms with Crippen molar-refractivity contribution in [1.29, 1.82) is 4.78 Å². The number of hydrogen-bond donors (Lipinski definition) is 2. The zero-order valence-electron chi connectivity index (χ0n) is 7.02. The third-order valence-electron chi connectivity index (χ3n) is 1.46. The first-order chi connectivity index (χ1) is 5.41. The largest absolute Gasteiger partial charge is 0.269 e. The molecule has 5 nitrogen and oxygen atoms in total. The monoisotopic (exact) mass is 188 g/mol. The molecule has 0 bridgehead atoms. The normalized spacial score (nSPS) is 16.3. The Labute approximate surface area is 71.7 Å². The summed E-state index contributed by atoms with van der Waals surface area (Å²) in [5.41, 5.74) is 0. The van der Waals surface area contributed by atoms with Gasteiger partial charge in [-0.15, -0.1) is 0 Å². The maximum Gasteiger partial charge on any atom is 0.135 e. The number of aromatic nitrogens is 2. The summed E-state index contributed by atoms with van der Waals surface area (Å²) in [4.78, 5) is 0.274. The molecule has 0 aromatic carbocycles. The fourth-order valence-corrected chi connectivity index (χ4v) is 1.23. The van der Waals surface area contributed by atoms with Crippen molar-refractivity contribution in [2.45, 2.75) is 24.8 Å². The number of nitrogens with one attached hydrogen (secondary N) is 1. The van der Waals surface area contributed by atoms with Gasteiger partial charge in [0.05, 0.1) is 11.1 Å². The predicted molar refractivity (Wildman–Crippen MR) is 45.9 cm³/mol. The van der Waals surface area contributed by atoms with E-state index in [0.29, 0.717) is 0 Å². The molecule has 0 aliphatic rings. The lowest BCUT2D eigenvalue weighted by Gasteiger charge is -2.02. The molecule has 3 N–H and O–H groups in total. The Morgan fingerprint density at radius 1 is 1.75 bits per heavy atom. The van der Waals surface area contributed by atoms with Gasteiger partial charge >= 0.3 is 0 Å². The van der Waals surface area contributed by atoms with Gasteiger partial charge in [0.25, 0.3) is 0 Å². The Morgan fingerprint density at radius 3 is 2.58 bits per heavy atom. The van der Waals surface area contributed by atoms with Crippen LogP contribution in [0.15, 0.2) is 17.3 Å². The molecular formula is C6H12N4OS. The van der Waals surface area contributed by atoms with E-state index in [0.717, 1.165) is 0 Å². The van der Waals surface area contributed by atoms with E-state index in [2.05, 4.69) is 5.10 Å². The summed E-state index contributed by atoms with van der Waals surface area (Å²) in [7, 11) is -3.10.